The Kier molecular flexibility index (Phi) is 3.78. The highest BCUT2D eigenvalue weighted by Gasteiger charge is 2.45. The van der Waals surface area contributed by atoms with Crippen LogP contribution in [0.2, 0.25) is 0 Å². The number of amides is 1. The summed E-state index contributed by atoms with van der Waals surface area (Å²) < 4.78 is 28.0. The van der Waals surface area contributed by atoms with Crippen LogP contribution in [0, 0.1) is 5.92 Å². The van der Waals surface area contributed by atoms with Gasteiger partial charge in [0.1, 0.15) is 5.76 Å². The van der Waals surface area contributed by atoms with Gasteiger partial charge in [-0.25, -0.2) is 8.42 Å². The van der Waals surface area contributed by atoms with Crippen molar-refractivity contribution in [1.82, 2.24) is 0 Å². The molecule has 3 rings (SSSR count). The average molecular weight is 319 g/mol. The Morgan fingerprint density at radius 1 is 1.32 bits per heavy atom. The molecule has 1 aliphatic carbocycles. The van der Waals surface area contributed by atoms with Crippen molar-refractivity contribution in [1.29, 1.82) is 0 Å². The summed E-state index contributed by atoms with van der Waals surface area (Å²) in [6.45, 7) is 0. The summed E-state index contributed by atoms with van der Waals surface area (Å²) >= 11 is 0. The molecule has 0 bridgehead atoms. The van der Waals surface area contributed by atoms with Gasteiger partial charge in [-0.15, -0.1) is 0 Å². The Morgan fingerprint density at radius 2 is 2.14 bits per heavy atom. The van der Waals surface area contributed by atoms with Crippen LogP contribution in [-0.2, 0) is 20.4 Å². The van der Waals surface area contributed by atoms with Gasteiger partial charge in [-0.3, -0.25) is 4.79 Å². The molecule has 2 atom stereocenters. The van der Waals surface area contributed by atoms with Gasteiger partial charge in [0.05, 0.1) is 12.0 Å². The molecule has 1 saturated carbocycles. The molecule has 1 amide bonds. The van der Waals surface area contributed by atoms with E-state index in [1.807, 2.05) is 12.1 Å². The SMILES string of the molecule is CS(=O)(=O)Cc1cccc(NC(=O)C2CC2c2ccco2)c1. The second-order valence-corrected chi connectivity index (χ2v) is 7.86. The first-order valence-corrected chi connectivity index (χ1v) is 9.09. The van der Waals surface area contributed by atoms with Gasteiger partial charge in [0.2, 0.25) is 5.91 Å². The van der Waals surface area contributed by atoms with Crippen LogP contribution in [-0.4, -0.2) is 20.6 Å². The molecule has 6 heteroatoms. The van der Waals surface area contributed by atoms with E-state index in [-0.39, 0.29) is 23.5 Å². The first-order chi connectivity index (χ1) is 10.4. The minimum Gasteiger partial charge on any atom is -0.469 e. The summed E-state index contributed by atoms with van der Waals surface area (Å²) in [7, 11) is -3.09. The predicted octanol–water partition coefficient (Wildman–Crippen LogP) is 2.57. The van der Waals surface area contributed by atoms with E-state index in [1.165, 1.54) is 6.26 Å². The van der Waals surface area contributed by atoms with Crippen LogP contribution in [0.5, 0.6) is 0 Å². The van der Waals surface area contributed by atoms with Crippen molar-refractivity contribution in [2.24, 2.45) is 5.92 Å². The van der Waals surface area contributed by atoms with Gasteiger partial charge in [-0.2, -0.15) is 0 Å². The molecule has 0 saturated heterocycles. The number of anilines is 1. The van der Waals surface area contributed by atoms with Crippen molar-refractivity contribution < 1.29 is 17.6 Å². The topological polar surface area (TPSA) is 76.4 Å². The Bertz CT molecular complexity index is 780. The maximum atomic E-state index is 12.2. The van der Waals surface area contributed by atoms with Crippen LogP contribution >= 0.6 is 0 Å². The summed E-state index contributed by atoms with van der Waals surface area (Å²) in [6.07, 6.45) is 3.58. The van der Waals surface area contributed by atoms with Crippen LogP contribution in [0.3, 0.4) is 0 Å². The number of hydrogen-bond acceptors (Lipinski definition) is 4. The molecule has 0 aliphatic heterocycles. The van der Waals surface area contributed by atoms with Gasteiger partial charge in [-0.05, 0) is 36.2 Å². The normalized spacial score (nSPS) is 20.6. The summed E-state index contributed by atoms with van der Waals surface area (Å²) in [4.78, 5) is 12.2. The average Bonchev–Trinajstić information content (AvgIpc) is 3.04. The zero-order chi connectivity index (χ0) is 15.7. The lowest BCUT2D eigenvalue weighted by Crippen LogP contribution is -2.14. The third kappa shape index (κ3) is 3.57. The van der Waals surface area contributed by atoms with Crippen LogP contribution in [0.25, 0.3) is 0 Å². The number of carbonyl (C=O) groups excluding carboxylic acids is 1. The number of carbonyl (C=O) groups is 1. The van der Waals surface area contributed by atoms with Crippen molar-refractivity contribution in [3.8, 4) is 0 Å². The zero-order valence-electron chi connectivity index (χ0n) is 12.2. The van der Waals surface area contributed by atoms with E-state index in [0.717, 1.165) is 12.2 Å². The van der Waals surface area contributed by atoms with E-state index in [4.69, 9.17) is 4.42 Å². The van der Waals surface area contributed by atoms with Gasteiger partial charge in [0.15, 0.2) is 9.84 Å². The van der Waals surface area contributed by atoms with E-state index >= 15 is 0 Å². The Labute approximate surface area is 129 Å². The minimum atomic E-state index is -3.09. The van der Waals surface area contributed by atoms with Crippen molar-refractivity contribution >= 4 is 21.4 Å². The van der Waals surface area contributed by atoms with Gasteiger partial charge < -0.3 is 9.73 Å². The lowest BCUT2D eigenvalue weighted by atomic mass is 10.2. The Balaban J connectivity index is 1.64. The summed E-state index contributed by atoms with van der Waals surface area (Å²) in [5, 5.41) is 2.85. The van der Waals surface area contributed by atoms with E-state index in [0.29, 0.717) is 11.3 Å². The molecule has 2 aromatic rings. The molecular formula is C16H17NO4S. The van der Waals surface area contributed by atoms with Gasteiger partial charge >= 0.3 is 0 Å². The van der Waals surface area contributed by atoms with Gasteiger partial charge in [-0.1, -0.05) is 12.1 Å². The number of sulfone groups is 1. The number of furan rings is 1. The quantitative estimate of drug-likeness (QED) is 0.919. The van der Waals surface area contributed by atoms with Crippen LogP contribution in [0.1, 0.15) is 23.7 Å². The fraction of sp³-hybridized carbons (Fsp3) is 0.312. The molecule has 1 aromatic carbocycles. The first kappa shape index (κ1) is 14.8. The van der Waals surface area contributed by atoms with Crippen molar-refractivity contribution in [2.75, 3.05) is 11.6 Å². The van der Waals surface area contributed by atoms with E-state index in [9.17, 15) is 13.2 Å². The zero-order valence-corrected chi connectivity index (χ0v) is 13.0. The van der Waals surface area contributed by atoms with Gasteiger partial charge in [0, 0.05) is 23.8 Å². The maximum absolute atomic E-state index is 12.2. The van der Waals surface area contributed by atoms with Crippen molar-refractivity contribution in [3.63, 3.8) is 0 Å². The third-order valence-corrected chi connectivity index (χ3v) is 4.52. The summed E-state index contributed by atoms with van der Waals surface area (Å²) in [5.74, 6) is 0.817. The number of nitrogens with one attached hydrogen (secondary N) is 1. The van der Waals surface area contributed by atoms with Crippen LogP contribution in [0.15, 0.2) is 47.1 Å². The molecule has 2 unspecified atom stereocenters. The molecule has 0 radical (unpaired) electrons. The second kappa shape index (κ2) is 5.61. The Morgan fingerprint density at radius 3 is 2.82 bits per heavy atom. The first-order valence-electron chi connectivity index (χ1n) is 7.03. The van der Waals surface area contributed by atoms with E-state index < -0.39 is 9.84 Å². The lowest BCUT2D eigenvalue weighted by molar-refractivity contribution is -0.117. The van der Waals surface area contributed by atoms with E-state index in [2.05, 4.69) is 5.32 Å². The molecule has 1 fully saturated rings. The highest BCUT2D eigenvalue weighted by atomic mass is 32.2. The van der Waals surface area contributed by atoms with Crippen LogP contribution in [0.4, 0.5) is 5.69 Å². The van der Waals surface area contributed by atoms with Gasteiger partial charge in [0.25, 0.3) is 0 Å². The highest BCUT2D eigenvalue weighted by molar-refractivity contribution is 7.89. The molecule has 0 spiro atoms. The summed E-state index contributed by atoms with van der Waals surface area (Å²) in [5.41, 5.74) is 1.29. The fourth-order valence-electron chi connectivity index (χ4n) is 2.58. The van der Waals surface area contributed by atoms with E-state index in [1.54, 1.807) is 30.5 Å². The number of rotatable bonds is 5. The standard InChI is InChI=1S/C16H17NO4S/c1-22(19,20)10-11-4-2-5-12(8-11)17-16(18)14-9-13(14)15-6-3-7-21-15/h2-8,13-14H,9-10H2,1H3,(H,17,18). The maximum Gasteiger partial charge on any atom is 0.228 e. The third-order valence-electron chi connectivity index (χ3n) is 3.66. The number of hydrogen-bond donors (Lipinski definition) is 1. The molecule has 22 heavy (non-hydrogen) atoms. The van der Waals surface area contributed by atoms with Crippen molar-refractivity contribution in [2.45, 2.75) is 18.1 Å². The van der Waals surface area contributed by atoms with Crippen LogP contribution < -0.4 is 5.32 Å². The largest absolute Gasteiger partial charge is 0.469 e. The molecular weight excluding hydrogens is 302 g/mol. The monoisotopic (exact) mass is 319 g/mol. The number of benzene rings is 1. The molecule has 1 heterocycles. The lowest BCUT2D eigenvalue weighted by Gasteiger charge is -2.07. The smallest absolute Gasteiger partial charge is 0.228 e. The molecule has 1 N–H and O–H groups in total. The minimum absolute atomic E-state index is 0.0326. The molecule has 1 aliphatic rings. The fourth-order valence-corrected chi connectivity index (χ4v) is 3.36. The molecule has 116 valence electrons. The molecule has 1 aromatic heterocycles. The Hall–Kier alpha value is -2.08. The highest BCUT2D eigenvalue weighted by Crippen LogP contribution is 2.48. The second-order valence-electron chi connectivity index (χ2n) is 5.72. The molecule has 5 nitrogen and oxygen atoms in total. The van der Waals surface area contributed by atoms with Crippen molar-refractivity contribution in [3.05, 3.63) is 54.0 Å². The predicted molar refractivity (Wildman–Crippen MR) is 83.2 cm³/mol. The summed E-state index contributed by atoms with van der Waals surface area (Å²) in [6, 6.07) is 10.6.